The first-order valence-electron chi connectivity index (χ1n) is 23.3. The highest BCUT2D eigenvalue weighted by Gasteiger charge is 2.27. The number of rotatable bonds is 43. The number of phosphoric acid groups is 1. The summed E-state index contributed by atoms with van der Waals surface area (Å²) in [4.78, 5) is 35.4. The molecule has 0 aliphatic carbocycles. The Morgan fingerprint density at radius 1 is 0.491 bits per heavy atom. The van der Waals surface area contributed by atoms with Crippen LogP contribution in [0.1, 0.15) is 226 Å². The van der Waals surface area contributed by atoms with Crippen LogP contribution in [0.3, 0.4) is 0 Å². The minimum atomic E-state index is -4.37. The fraction of sp³-hybridized carbons (Fsp3) is 0.956. The highest BCUT2D eigenvalue weighted by Crippen LogP contribution is 2.43. The molecule has 0 fully saturated rings. The average Bonchev–Trinajstić information content (AvgIpc) is 3.13. The Morgan fingerprint density at radius 2 is 0.818 bits per heavy atom. The smallest absolute Gasteiger partial charge is 0.462 e. The molecule has 0 aromatic carbocycles. The molecule has 0 saturated carbocycles. The number of likely N-dealkylation sites (N-methyl/N-ethyl adjacent to an activating group) is 1. The summed E-state index contributed by atoms with van der Waals surface area (Å²) in [6.45, 7) is 4.47. The maximum absolute atomic E-state index is 12.7. The van der Waals surface area contributed by atoms with Gasteiger partial charge in [-0.05, 0) is 12.8 Å². The highest BCUT2D eigenvalue weighted by atomic mass is 31.2. The van der Waals surface area contributed by atoms with E-state index in [-0.39, 0.29) is 25.6 Å². The van der Waals surface area contributed by atoms with E-state index < -0.39 is 26.5 Å². The lowest BCUT2D eigenvalue weighted by Crippen LogP contribution is -2.37. The van der Waals surface area contributed by atoms with Gasteiger partial charge in [0.1, 0.15) is 19.8 Å². The molecule has 9 nitrogen and oxygen atoms in total. The Labute approximate surface area is 340 Å². The number of ether oxygens (including phenoxy) is 2. The van der Waals surface area contributed by atoms with Crippen LogP contribution in [0.5, 0.6) is 0 Å². The summed E-state index contributed by atoms with van der Waals surface area (Å²) in [5.74, 6) is -0.782. The van der Waals surface area contributed by atoms with Gasteiger partial charge in [-0.15, -0.1) is 0 Å². The standard InChI is InChI=1S/C45H90NO8P/c1-6-8-10-12-14-16-18-20-22-23-24-26-27-29-31-33-35-37-44(47)51-41-43(42-53-55(49,50)52-40-39-46(3,4)5)54-45(48)38-36-34-32-30-28-25-21-19-17-15-13-11-9-7-2/h43H,6-42H2,1-5H3/p+1. The van der Waals surface area contributed by atoms with Crippen molar-refractivity contribution in [2.24, 2.45) is 0 Å². The van der Waals surface area contributed by atoms with E-state index in [1.807, 2.05) is 21.1 Å². The second-order valence-electron chi connectivity index (χ2n) is 17.2. The first kappa shape index (κ1) is 54.0. The number of carbonyl (C=O) groups excluding carboxylic acids is 2. The van der Waals surface area contributed by atoms with E-state index in [2.05, 4.69) is 13.8 Å². The second-order valence-corrected chi connectivity index (χ2v) is 18.6. The van der Waals surface area contributed by atoms with Crippen LogP contribution >= 0.6 is 7.82 Å². The molecule has 0 saturated heterocycles. The third-order valence-corrected chi connectivity index (χ3v) is 11.4. The molecule has 10 heteroatoms. The maximum atomic E-state index is 12.7. The van der Waals surface area contributed by atoms with E-state index in [1.54, 1.807) is 0 Å². The summed E-state index contributed by atoms with van der Waals surface area (Å²) < 4.78 is 34.4. The lowest BCUT2D eigenvalue weighted by Gasteiger charge is -2.24. The summed E-state index contributed by atoms with van der Waals surface area (Å²) in [5.41, 5.74) is 0. The molecule has 0 amide bonds. The Kier molecular flexibility index (Phi) is 37.8. The topological polar surface area (TPSA) is 108 Å². The zero-order valence-corrected chi connectivity index (χ0v) is 37.8. The van der Waals surface area contributed by atoms with Gasteiger partial charge in [0.2, 0.25) is 0 Å². The molecular weight excluding hydrogens is 713 g/mol. The van der Waals surface area contributed by atoms with Crippen molar-refractivity contribution in [1.82, 2.24) is 0 Å². The first-order valence-corrected chi connectivity index (χ1v) is 24.8. The van der Waals surface area contributed by atoms with Crippen LogP contribution in [-0.2, 0) is 32.7 Å². The van der Waals surface area contributed by atoms with Crippen LogP contribution in [-0.4, -0.2) is 74.9 Å². The highest BCUT2D eigenvalue weighted by molar-refractivity contribution is 7.47. The molecule has 0 rings (SSSR count). The molecule has 0 aliphatic rings. The number of unbranched alkanes of at least 4 members (excludes halogenated alkanes) is 29. The van der Waals surface area contributed by atoms with Gasteiger partial charge < -0.3 is 18.9 Å². The van der Waals surface area contributed by atoms with E-state index in [4.69, 9.17) is 18.5 Å². The van der Waals surface area contributed by atoms with Gasteiger partial charge in [-0.2, -0.15) is 0 Å². The van der Waals surface area contributed by atoms with Crippen molar-refractivity contribution in [2.45, 2.75) is 232 Å². The average molecular weight is 805 g/mol. The normalized spacial score (nSPS) is 13.5. The molecule has 0 heterocycles. The molecule has 2 atom stereocenters. The Bertz CT molecular complexity index is 912. The number of esters is 2. The van der Waals surface area contributed by atoms with Gasteiger partial charge in [0.05, 0.1) is 27.7 Å². The zero-order chi connectivity index (χ0) is 40.7. The van der Waals surface area contributed by atoms with Crippen molar-refractivity contribution in [3.05, 3.63) is 0 Å². The summed E-state index contributed by atoms with van der Waals surface area (Å²) in [7, 11) is 1.49. The molecule has 0 bridgehead atoms. The lowest BCUT2D eigenvalue weighted by atomic mass is 10.0. The molecule has 0 aromatic heterocycles. The summed E-state index contributed by atoms with van der Waals surface area (Å²) >= 11 is 0. The first-order chi connectivity index (χ1) is 26.5. The van der Waals surface area contributed by atoms with Crippen LogP contribution in [0.4, 0.5) is 0 Å². The largest absolute Gasteiger partial charge is 0.472 e. The number of hydrogen-bond acceptors (Lipinski definition) is 7. The van der Waals surface area contributed by atoms with Gasteiger partial charge in [-0.1, -0.05) is 200 Å². The second kappa shape index (κ2) is 38.5. The van der Waals surface area contributed by atoms with Crippen molar-refractivity contribution in [3.8, 4) is 0 Å². The third-order valence-electron chi connectivity index (χ3n) is 10.4. The molecule has 55 heavy (non-hydrogen) atoms. The predicted molar refractivity (Wildman–Crippen MR) is 229 cm³/mol. The molecule has 2 unspecified atom stereocenters. The molecule has 0 aromatic rings. The van der Waals surface area contributed by atoms with Crippen LogP contribution in [0.15, 0.2) is 0 Å². The Balaban J connectivity index is 4.27. The van der Waals surface area contributed by atoms with Gasteiger partial charge in [0.15, 0.2) is 6.10 Å². The Morgan fingerprint density at radius 3 is 1.16 bits per heavy atom. The number of nitrogens with zero attached hydrogens (tertiary/aromatic N) is 1. The van der Waals surface area contributed by atoms with Crippen LogP contribution in [0.2, 0.25) is 0 Å². The zero-order valence-electron chi connectivity index (χ0n) is 36.9. The van der Waals surface area contributed by atoms with Crippen LogP contribution in [0, 0.1) is 0 Å². The van der Waals surface area contributed by atoms with Crippen LogP contribution < -0.4 is 0 Å². The maximum Gasteiger partial charge on any atom is 0.472 e. The molecule has 0 radical (unpaired) electrons. The minimum Gasteiger partial charge on any atom is -0.462 e. The fourth-order valence-corrected chi connectivity index (χ4v) is 7.46. The van der Waals surface area contributed by atoms with Gasteiger partial charge in [-0.3, -0.25) is 18.6 Å². The molecule has 0 aliphatic heterocycles. The quantitative estimate of drug-likeness (QED) is 0.0281. The molecular formula is C45H91NO8P+. The summed E-state index contributed by atoms with van der Waals surface area (Å²) in [6.07, 6.45) is 38.5. The summed E-state index contributed by atoms with van der Waals surface area (Å²) in [6, 6.07) is 0. The molecule has 0 spiro atoms. The number of carbonyl (C=O) groups is 2. The van der Waals surface area contributed by atoms with Crippen molar-refractivity contribution < 1.29 is 42.1 Å². The third kappa shape index (κ3) is 42.4. The molecule has 1 N–H and O–H groups in total. The van der Waals surface area contributed by atoms with Gasteiger partial charge in [0.25, 0.3) is 0 Å². The fourth-order valence-electron chi connectivity index (χ4n) is 6.72. The van der Waals surface area contributed by atoms with E-state index in [1.165, 1.54) is 161 Å². The number of hydrogen-bond donors (Lipinski definition) is 1. The van der Waals surface area contributed by atoms with Crippen LogP contribution in [0.25, 0.3) is 0 Å². The summed E-state index contributed by atoms with van der Waals surface area (Å²) in [5, 5.41) is 0. The number of quaternary nitrogens is 1. The van der Waals surface area contributed by atoms with E-state index in [0.29, 0.717) is 17.4 Å². The van der Waals surface area contributed by atoms with E-state index in [0.717, 1.165) is 38.5 Å². The van der Waals surface area contributed by atoms with Gasteiger partial charge in [-0.25, -0.2) is 4.57 Å². The van der Waals surface area contributed by atoms with Crippen molar-refractivity contribution in [1.29, 1.82) is 0 Å². The SMILES string of the molecule is CCCCCCCCCCCCCCCCCCCC(=O)OCC(COP(=O)(O)OCC[N+](C)(C)C)OC(=O)CCCCCCCCCCCCCCCC. The predicted octanol–water partition coefficient (Wildman–Crippen LogP) is 13.2. The minimum absolute atomic E-state index is 0.0369. The van der Waals surface area contributed by atoms with Crippen molar-refractivity contribution in [3.63, 3.8) is 0 Å². The van der Waals surface area contributed by atoms with Crippen molar-refractivity contribution >= 4 is 19.8 Å². The van der Waals surface area contributed by atoms with E-state index >= 15 is 0 Å². The number of phosphoric ester groups is 1. The monoisotopic (exact) mass is 805 g/mol. The van der Waals surface area contributed by atoms with Gasteiger partial charge >= 0.3 is 19.8 Å². The Hall–Kier alpha value is -0.990. The van der Waals surface area contributed by atoms with E-state index in [9.17, 15) is 19.0 Å². The molecule has 328 valence electrons. The lowest BCUT2D eigenvalue weighted by molar-refractivity contribution is -0.870. The van der Waals surface area contributed by atoms with Crippen molar-refractivity contribution in [2.75, 3.05) is 47.5 Å². The van der Waals surface area contributed by atoms with Gasteiger partial charge in [0, 0.05) is 12.8 Å².